The van der Waals surface area contributed by atoms with Crippen molar-refractivity contribution >= 4 is 12.8 Å². The van der Waals surface area contributed by atoms with E-state index in [2.05, 4.69) is 15.8 Å². The summed E-state index contributed by atoms with van der Waals surface area (Å²) in [5, 5.41) is 0.389. The highest BCUT2D eigenvalue weighted by Gasteiger charge is 1.79. The van der Waals surface area contributed by atoms with E-state index < -0.39 is 0 Å². The molecule has 1 heterocycles. The van der Waals surface area contributed by atoms with Gasteiger partial charge in [-0.25, -0.2) is 15.8 Å². The highest BCUT2D eigenvalue weighted by atomic mass is 16.2. The number of carbonyl (C=O) groups excluding carboxylic acids is 2. The minimum absolute atomic E-state index is 0.215. The van der Waals surface area contributed by atoms with Gasteiger partial charge in [-0.2, -0.15) is 0 Å². The molecule has 0 atom stereocenters. The third kappa shape index (κ3) is 6.19. The summed E-state index contributed by atoms with van der Waals surface area (Å²) in [7, 11) is 0. The van der Waals surface area contributed by atoms with Gasteiger partial charge < -0.3 is 4.98 Å². The first-order chi connectivity index (χ1) is 5.31. The van der Waals surface area contributed by atoms with E-state index in [9.17, 15) is 9.59 Å². The summed E-state index contributed by atoms with van der Waals surface area (Å²) in [6, 6.07) is 0. The van der Waals surface area contributed by atoms with Gasteiger partial charge in [0.25, 0.3) is 0 Å². The van der Waals surface area contributed by atoms with Gasteiger partial charge in [-0.15, -0.1) is 0 Å². The topological polar surface area (TPSA) is 92.1 Å². The van der Waals surface area contributed by atoms with Crippen molar-refractivity contribution in [2.75, 3.05) is 0 Å². The van der Waals surface area contributed by atoms with E-state index in [0.29, 0.717) is 5.01 Å². The Morgan fingerprint density at radius 1 is 1.45 bits per heavy atom. The number of H-pyrrole nitrogens is 1. The molecule has 6 nitrogen and oxygen atoms in total. The first kappa shape index (κ1) is 9.31. The first-order valence-electron chi connectivity index (χ1n) is 2.67. The van der Waals surface area contributed by atoms with E-state index in [1.807, 2.05) is 0 Å². The molecule has 11 heavy (non-hydrogen) atoms. The average Bonchev–Trinajstić information content (AvgIpc) is 2.60. The molecular weight excluding hydrogens is 148 g/mol. The summed E-state index contributed by atoms with van der Waals surface area (Å²) >= 11 is 0. The molecular formula is C5H8N4O2. The maximum Gasteiger partial charge on any atom is 0.230 e. The fraction of sp³-hybridized carbons (Fsp3) is 0. The number of hydrogen-bond donors (Lipinski definition) is 2. The van der Waals surface area contributed by atoms with Crippen molar-refractivity contribution < 1.29 is 9.59 Å². The maximum atomic E-state index is 9.31. The lowest BCUT2D eigenvalue weighted by Crippen LogP contribution is -2.26. The van der Waals surface area contributed by atoms with E-state index in [1.165, 1.54) is 0 Å². The fourth-order valence-corrected chi connectivity index (χ4v) is 0.240. The molecule has 0 aromatic carbocycles. The van der Waals surface area contributed by atoms with E-state index >= 15 is 0 Å². The lowest BCUT2D eigenvalue weighted by molar-refractivity contribution is -0.129. The average molecular weight is 156 g/mol. The van der Waals surface area contributed by atoms with Crippen molar-refractivity contribution in [3.05, 3.63) is 18.7 Å². The number of nitrogens with one attached hydrogen (secondary N) is 1. The van der Waals surface area contributed by atoms with Gasteiger partial charge in [-0.1, -0.05) is 0 Å². The Hall–Kier alpha value is -1.69. The molecule has 0 fully saturated rings. The van der Waals surface area contributed by atoms with Crippen LogP contribution in [0.4, 0.5) is 0 Å². The van der Waals surface area contributed by atoms with Gasteiger partial charge in [0.2, 0.25) is 12.8 Å². The van der Waals surface area contributed by atoms with Gasteiger partial charge in [0.05, 0.1) is 6.33 Å². The molecule has 1 rings (SSSR count). The van der Waals surface area contributed by atoms with Crippen LogP contribution in [0.15, 0.2) is 18.7 Å². The van der Waals surface area contributed by atoms with Crippen molar-refractivity contribution in [3.63, 3.8) is 0 Å². The number of aromatic nitrogens is 2. The summed E-state index contributed by atoms with van der Waals surface area (Å²) < 4.78 is 0. The van der Waals surface area contributed by atoms with Gasteiger partial charge in [-0.05, 0) is 0 Å². The quantitative estimate of drug-likeness (QED) is 0.245. The molecule has 0 radical (unpaired) electrons. The van der Waals surface area contributed by atoms with E-state index in [-0.39, 0.29) is 12.8 Å². The van der Waals surface area contributed by atoms with Crippen molar-refractivity contribution in [2.24, 2.45) is 5.84 Å². The van der Waals surface area contributed by atoms with Crippen LogP contribution >= 0.6 is 0 Å². The van der Waals surface area contributed by atoms with Crippen LogP contribution in [0.2, 0.25) is 0 Å². The van der Waals surface area contributed by atoms with Gasteiger partial charge in [0.15, 0.2) is 0 Å². The highest BCUT2D eigenvalue weighted by molar-refractivity contribution is 5.66. The lowest BCUT2D eigenvalue weighted by Gasteiger charge is -1.91. The largest absolute Gasteiger partial charge is 0.351 e. The Labute approximate surface area is 63.0 Å². The summed E-state index contributed by atoms with van der Waals surface area (Å²) in [6.45, 7) is 0. The maximum absolute atomic E-state index is 9.31. The van der Waals surface area contributed by atoms with Crippen LogP contribution in [0.25, 0.3) is 0 Å². The van der Waals surface area contributed by atoms with Crippen LogP contribution < -0.4 is 5.84 Å². The number of rotatable bonds is 2. The highest BCUT2D eigenvalue weighted by Crippen LogP contribution is 1.62. The van der Waals surface area contributed by atoms with Crippen LogP contribution in [0, 0.1) is 0 Å². The molecule has 1 aromatic heterocycles. The number of hydrazine groups is 1. The number of imidazole rings is 1. The number of nitrogens with zero attached hydrogens (tertiary/aromatic N) is 2. The molecule has 1 aromatic rings. The SMILES string of the molecule is NN(C=O)C=O.c1c[nH]cn1. The standard InChI is InChI=1S/C3H4N2.C2H4N2O2/c1-2-5-3-4-1;3-4(1-5)2-6/h1-3H,(H,4,5);1-2H,3H2. The molecule has 6 heteroatoms. The lowest BCUT2D eigenvalue weighted by atomic mass is 11.0. The summed E-state index contributed by atoms with van der Waals surface area (Å²) in [6.07, 6.45) is 5.51. The summed E-state index contributed by atoms with van der Waals surface area (Å²) in [5.74, 6) is 4.57. The molecule has 60 valence electrons. The predicted molar refractivity (Wildman–Crippen MR) is 36.7 cm³/mol. The fourth-order valence-electron chi connectivity index (χ4n) is 0.240. The van der Waals surface area contributed by atoms with Crippen LogP contribution in [0.1, 0.15) is 0 Å². The second kappa shape index (κ2) is 6.43. The monoisotopic (exact) mass is 156 g/mol. The molecule has 0 aliphatic carbocycles. The zero-order chi connectivity index (χ0) is 8.53. The third-order valence-electron chi connectivity index (χ3n) is 0.649. The predicted octanol–water partition coefficient (Wildman–Crippen LogP) is -1.12. The van der Waals surface area contributed by atoms with E-state index in [4.69, 9.17) is 0 Å². The number of imide groups is 1. The van der Waals surface area contributed by atoms with Gasteiger partial charge in [-0.3, -0.25) is 9.59 Å². The van der Waals surface area contributed by atoms with E-state index in [0.717, 1.165) is 0 Å². The summed E-state index contributed by atoms with van der Waals surface area (Å²) in [5.41, 5.74) is 0. The number of amides is 2. The molecule has 3 N–H and O–H groups in total. The Bertz CT molecular complexity index is 161. The zero-order valence-corrected chi connectivity index (χ0v) is 5.68. The van der Waals surface area contributed by atoms with Crippen LogP contribution in [-0.2, 0) is 9.59 Å². The van der Waals surface area contributed by atoms with Crippen LogP contribution in [0.5, 0.6) is 0 Å². The summed E-state index contributed by atoms with van der Waals surface area (Å²) in [4.78, 5) is 25.0. The molecule has 0 aliphatic rings. The molecule has 0 saturated carbocycles. The number of nitrogens with two attached hydrogens (primary N) is 1. The number of hydrogen-bond acceptors (Lipinski definition) is 4. The van der Waals surface area contributed by atoms with Crippen molar-refractivity contribution in [1.82, 2.24) is 15.0 Å². The molecule has 0 bridgehead atoms. The Morgan fingerprint density at radius 2 is 2.09 bits per heavy atom. The number of carbonyl (C=O) groups is 2. The van der Waals surface area contributed by atoms with Crippen molar-refractivity contribution in [2.45, 2.75) is 0 Å². The normalized spacial score (nSPS) is 7.36. The Kier molecular flexibility index (Phi) is 5.44. The Balaban J connectivity index is 0.000000183. The molecule has 0 spiro atoms. The minimum Gasteiger partial charge on any atom is -0.351 e. The van der Waals surface area contributed by atoms with E-state index in [1.54, 1.807) is 18.7 Å². The second-order valence-electron chi connectivity index (χ2n) is 1.42. The zero-order valence-electron chi connectivity index (χ0n) is 5.68. The minimum atomic E-state index is 0.215. The smallest absolute Gasteiger partial charge is 0.230 e. The second-order valence-corrected chi connectivity index (χ2v) is 1.42. The number of aromatic amines is 1. The Morgan fingerprint density at radius 3 is 2.18 bits per heavy atom. The molecule has 0 aliphatic heterocycles. The van der Waals surface area contributed by atoms with Crippen molar-refractivity contribution in [3.8, 4) is 0 Å². The molecule has 2 amide bonds. The van der Waals surface area contributed by atoms with Gasteiger partial charge in [0.1, 0.15) is 0 Å². The molecule has 0 saturated heterocycles. The molecule has 0 unspecified atom stereocenters. The van der Waals surface area contributed by atoms with Gasteiger partial charge in [0, 0.05) is 12.4 Å². The van der Waals surface area contributed by atoms with Crippen molar-refractivity contribution in [1.29, 1.82) is 0 Å². The first-order valence-corrected chi connectivity index (χ1v) is 2.67. The van der Waals surface area contributed by atoms with Crippen LogP contribution in [-0.4, -0.2) is 27.8 Å². The van der Waals surface area contributed by atoms with Crippen LogP contribution in [0.3, 0.4) is 0 Å². The third-order valence-corrected chi connectivity index (χ3v) is 0.649. The van der Waals surface area contributed by atoms with Gasteiger partial charge >= 0.3 is 0 Å².